The van der Waals surface area contributed by atoms with Crippen LogP contribution in [0.25, 0.3) is 11.0 Å². The molecule has 0 radical (unpaired) electrons. The molecule has 1 saturated heterocycles. The van der Waals surface area contributed by atoms with Gasteiger partial charge in [-0.3, -0.25) is 0 Å². The van der Waals surface area contributed by atoms with E-state index in [9.17, 15) is 0 Å². The topological polar surface area (TPSA) is 59.2 Å². The van der Waals surface area contributed by atoms with Crippen molar-refractivity contribution in [1.82, 2.24) is 15.3 Å². The quantitative estimate of drug-likeness (QED) is 0.838. The highest BCUT2D eigenvalue weighted by Crippen LogP contribution is 2.34. The summed E-state index contributed by atoms with van der Waals surface area (Å²) in [6.45, 7) is 2.49. The zero-order valence-electron chi connectivity index (χ0n) is 11.4. The van der Waals surface area contributed by atoms with E-state index >= 15 is 0 Å². The normalized spacial score (nSPS) is 22.7. The van der Waals surface area contributed by atoms with E-state index in [1.54, 1.807) is 0 Å². The summed E-state index contributed by atoms with van der Waals surface area (Å²) in [7, 11) is 0. The molecule has 1 aromatic heterocycles. The van der Waals surface area contributed by atoms with Crippen molar-refractivity contribution in [3.05, 3.63) is 18.0 Å². The van der Waals surface area contributed by atoms with Crippen LogP contribution in [0.15, 0.2) is 12.1 Å². The van der Waals surface area contributed by atoms with Crippen molar-refractivity contribution < 1.29 is 9.47 Å². The maximum Gasteiger partial charge on any atom is 0.163 e. The van der Waals surface area contributed by atoms with Gasteiger partial charge in [0.2, 0.25) is 0 Å². The van der Waals surface area contributed by atoms with Gasteiger partial charge in [-0.1, -0.05) is 6.42 Å². The summed E-state index contributed by atoms with van der Waals surface area (Å²) >= 11 is 0. The largest absolute Gasteiger partial charge is 0.489 e. The summed E-state index contributed by atoms with van der Waals surface area (Å²) in [5.74, 6) is 2.66. The van der Waals surface area contributed by atoms with Gasteiger partial charge in [-0.05, 0) is 19.4 Å². The molecule has 5 nitrogen and oxygen atoms in total. The summed E-state index contributed by atoms with van der Waals surface area (Å²) < 4.78 is 11.4. The Morgan fingerprint density at radius 3 is 2.70 bits per heavy atom. The average molecular weight is 273 g/mol. The zero-order valence-corrected chi connectivity index (χ0v) is 11.4. The average Bonchev–Trinajstić information content (AvgIpc) is 2.76. The number of piperidine rings is 1. The highest BCUT2D eigenvalue weighted by molar-refractivity contribution is 5.80. The van der Waals surface area contributed by atoms with Crippen LogP contribution in [0.2, 0.25) is 0 Å². The Morgan fingerprint density at radius 1 is 1.05 bits per heavy atom. The molecule has 0 amide bonds. The minimum atomic E-state index is 0.345. The molecule has 2 aliphatic rings. The fourth-order valence-electron chi connectivity index (χ4n) is 2.94. The third kappa shape index (κ3) is 2.12. The van der Waals surface area contributed by atoms with Crippen LogP contribution in [-0.4, -0.2) is 29.7 Å². The molecule has 2 aliphatic heterocycles. The standard InChI is InChI=1S/C15H19N3O2/c1-2-5-16-10(4-1)15-17-11-8-13-14(9-12(11)18-15)20-7-3-6-19-13/h8-10,16H,1-7H2,(H,17,18). The Morgan fingerprint density at radius 2 is 1.90 bits per heavy atom. The maximum absolute atomic E-state index is 5.72. The molecule has 0 spiro atoms. The SMILES string of the molecule is c1c2c(cc3[nH]c(C4CCCCN4)nc13)OCCCO2. The fraction of sp³-hybridized carbons (Fsp3) is 0.533. The Kier molecular flexibility index (Phi) is 2.99. The Labute approximate surface area is 117 Å². The van der Waals surface area contributed by atoms with Crippen LogP contribution in [0.3, 0.4) is 0 Å². The third-order valence-corrected chi connectivity index (χ3v) is 4.01. The van der Waals surface area contributed by atoms with Crippen LogP contribution in [-0.2, 0) is 0 Å². The van der Waals surface area contributed by atoms with Crippen LogP contribution >= 0.6 is 0 Å². The third-order valence-electron chi connectivity index (χ3n) is 4.01. The van der Waals surface area contributed by atoms with E-state index in [2.05, 4.69) is 10.3 Å². The zero-order chi connectivity index (χ0) is 13.4. The lowest BCUT2D eigenvalue weighted by atomic mass is 10.0. The first kappa shape index (κ1) is 12.0. The summed E-state index contributed by atoms with van der Waals surface area (Å²) in [6, 6.07) is 4.34. The molecular formula is C15H19N3O2. The van der Waals surface area contributed by atoms with Gasteiger partial charge in [0.05, 0.1) is 30.3 Å². The van der Waals surface area contributed by atoms with Crippen LogP contribution in [0.5, 0.6) is 11.5 Å². The number of imidazole rings is 1. The number of fused-ring (bicyclic) bond motifs is 2. The van der Waals surface area contributed by atoms with Gasteiger partial charge >= 0.3 is 0 Å². The minimum absolute atomic E-state index is 0.345. The van der Waals surface area contributed by atoms with E-state index in [0.717, 1.165) is 47.7 Å². The molecule has 2 aromatic rings. The molecule has 5 heteroatoms. The van der Waals surface area contributed by atoms with Crippen LogP contribution in [0.4, 0.5) is 0 Å². The Hall–Kier alpha value is -1.75. The van der Waals surface area contributed by atoms with Gasteiger partial charge in [-0.2, -0.15) is 0 Å². The van der Waals surface area contributed by atoms with Gasteiger partial charge in [0.25, 0.3) is 0 Å². The Balaban J connectivity index is 1.72. The first-order valence-corrected chi connectivity index (χ1v) is 7.43. The molecule has 106 valence electrons. The van der Waals surface area contributed by atoms with E-state index in [1.165, 1.54) is 12.8 Å². The number of hydrogen-bond acceptors (Lipinski definition) is 4. The predicted octanol–water partition coefficient (Wildman–Crippen LogP) is 2.54. The van der Waals surface area contributed by atoms with Gasteiger partial charge in [-0.25, -0.2) is 4.98 Å². The first-order chi connectivity index (χ1) is 9.90. The first-order valence-electron chi connectivity index (χ1n) is 7.43. The van der Waals surface area contributed by atoms with Gasteiger partial charge in [0.1, 0.15) is 5.82 Å². The molecule has 0 aliphatic carbocycles. The molecule has 1 fully saturated rings. The second-order valence-electron chi connectivity index (χ2n) is 5.49. The number of ether oxygens (including phenoxy) is 2. The Bertz CT molecular complexity index is 574. The highest BCUT2D eigenvalue weighted by atomic mass is 16.5. The highest BCUT2D eigenvalue weighted by Gasteiger charge is 2.20. The lowest BCUT2D eigenvalue weighted by Gasteiger charge is -2.21. The van der Waals surface area contributed by atoms with Crippen LogP contribution in [0.1, 0.15) is 37.5 Å². The number of hydrogen-bond donors (Lipinski definition) is 2. The predicted molar refractivity (Wildman–Crippen MR) is 76.3 cm³/mol. The molecule has 1 unspecified atom stereocenters. The second-order valence-corrected chi connectivity index (χ2v) is 5.49. The fourth-order valence-corrected chi connectivity index (χ4v) is 2.94. The van der Waals surface area contributed by atoms with Gasteiger partial charge in [-0.15, -0.1) is 0 Å². The van der Waals surface area contributed by atoms with Gasteiger partial charge < -0.3 is 19.8 Å². The molecule has 1 aromatic carbocycles. The van der Waals surface area contributed by atoms with Crippen LogP contribution < -0.4 is 14.8 Å². The van der Waals surface area contributed by atoms with E-state index < -0.39 is 0 Å². The van der Waals surface area contributed by atoms with Crippen molar-refractivity contribution in [3.63, 3.8) is 0 Å². The minimum Gasteiger partial charge on any atom is -0.489 e. The number of aromatic amines is 1. The molecule has 4 rings (SSSR count). The summed E-state index contributed by atoms with van der Waals surface area (Å²) in [4.78, 5) is 8.15. The van der Waals surface area contributed by atoms with Crippen LogP contribution in [0, 0.1) is 0 Å². The number of nitrogens with one attached hydrogen (secondary N) is 2. The van der Waals surface area contributed by atoms with E-state index in [4.69, 9.17) is 14.5 Å². The van der Waals surface area contributed by atoms with Gasteiger partial charge in [0.15, 0.2) is 11.5 Å². The molecule has 1 atom stereocenters. The second kappa shape index (κ2) is 4.98. The van der Waals surface area contributed by atoms with Crippen molar-refractivity contribution >= 4 is 11.0 Å². The summed E-state index contributed by atoms with van der Waals surface area (Å²) in [5, 5.41) is 3.52. The molecule has 0 saturated carbocycles. The van der Waals surface area contributed by atoms with Crippen molar-refractivity contribution in [2.24, 2.45) is 0 Å². The molecule has 0 bridgehead atoms. The maximum atomic E-state index is 5.72. The number of aromatic nitrogens is 2. The molecule has 2 N–H and O–H groups in total. The monoisotopic (exact) mass is 273 g/mol. The summed E-state index contributed by atoms with van der Waals surface area (Å²) in [5.41, 5.74) is 1.98. The van der Waals surface area contributed by atoms with E-state index in [-0.39, 0.29) is 0 Å². The van der Waals surface area contributed by atoms with Crippen molar-refractivity contribution in [2.75, 3.05) is 19.8 Å². The van der Waals surface area contributed by atoms with Crippen molar-refractivity contribution in [3.8, 4) is 11.5 Å². The van der Waals surface area contributed by atoms with Crippen molar-refractivity contribution in [2.45, 2.75) is 31.7 Å². The lowest BCUT2D eigenvalue weighted by molar-refractivity contribution is 0.297. The smallest absolute Gasteiger partial charge is 0.163 e. The number of benzene rings is 1. The number of nitrogens with zero attached hydrogens (tertiary/aromatic N) is 1. The lowest BCUT2D eigenvalue weighted by Crippen LogP contribution is -2.27. The summed E-state index contributed by atoms with van der Waals surface area (Å²) in [6.07, 6.45) is 4.59. The van der Waals surface area contributed by atoms with Gasteiger partial charge in [0, 0.05) is 18.6 Å². The number of rotatable bonds is 1. The molecule has 3 heterocycles. The van der Waals surface area contributed by atoms with Crippen molar-refractivity contribution in [1.29, 1.82) is 0 Å². The van der Waals surface area contributed by atoms with E-state index in [0.29, 0.717) is 19.3 Å². The number of H-pyrrole nitrogens is 1. The van der Waals surface area contributed by atoms with E-state index in [1.807, 2.05) is 12.1 Å². The molecule has 20 heavy (non-hydrogen) atoms. The molecular weight excluding hydrogens is 254 g/mol.